The van der Waals surface area contributed by atoms with Crippen molar-refractivity contribution in [2.45, 2.75) is 38.8 Å². The van der Waals surface area contributed by atoms with Gasteiger partial charge in [0.1, 0.15) is 23.5 Å². The summed E-state index contributed by atoms with van der Waals surface area (Å²) >= 11 is 12.0. The lowest BCUT2D eigenvalue weighted by Crippen LogP contribution is -2.45. The van der Waals surface area contributed by atoms with E-state index in [-0.39, 0.29) is 49.1 Å². The molecule has 1 aliphatic rings. The Hall–Kier alpha value is -0.970. The fourth-order valence-corrected chi connectivity index (χ4v) is 3.22. The van der Waals surface area contributed by atoms with Crippen LogP contribution in [0.2, 0.25) is 10.0 Å². The molecule has 2 unspecified atom stereocenters. The molecule has 7 nitrogen and oxygen atoms in total. The lowest BCUT2D eigenvalue weighted by Gasteiger charge is -2.19. The average molecular weight is 559 g/mol. The number of benzene rings is 1. The molecule has 0 aromatic heterocycles. The van der Waals surface area contributed by atoms with E-state index >= 15 is 0 Å². The van der Waals surface area contributed by atoms with Crippen LogP contribution in [-0.4, -0.2) is 66.8 Å². The summed E-state index contributed by atoms with van der Waals surface area (Å²) in [7, 11) is 0. The molecule has 2 rings (SSSR count). The molecule has 0 saturated carbocycles. The highest BCUT2D eigenvalue weighted by Crippen LogP contribution is 2.31. The first-order valence-corrected chi connectivity index (χ1v) is 10.3. The van der Waals surface area contributed by atoms with Crippen LogP contribution in [0.3, 0.4) is 0 Å². The number of guanidine groups is 1. The highest BCUT2D eigenvalue weighted by atomic mass is 127. The predicted octanol–water partition coefficient (Wildman–Crippen LogP) is 2.92. The largest absolute Gasteiger partial charge is 0.489 e. The number of likely N-dealkylation sites (tertiary alicyclic amines) is 1. The summed E-state index contributed by atoms with van der Waals surface area (Å²) in [5.41, 5.74) is 0. The molecule has 2 atom stereocenters. The van der Waals surface area contributed by atoms with Gasteiger partial charge in [-0.1, -0.05) is 36.2 Å². The molecule has 29 heavy (non-hydrogen) atoms. The molecule has 3 N–H and O–H groups in total. The number of hydrogen-bond donors (Lipinski definition) is 3. The number of carbonyl (C=O) groups excluding carboxylic acids is 1. The van der Waals surface area contributed by atoms with Gasteiger partial charge in [-0.15, -0.1) is 24.0 Å². The smallest absolute Gasteiger partial charge is 0.222 e. The van der Waals surface area contributed by atoms with Gasteiger partial charge < -0.3 is 25.4 Å². The number of aliphatic imine (C=N–C) groups is 1. The van der Waals surface area contributed by atoms with Gasteiger partial charge in [-0.2, -0.15) is 0 Å². The first kappa shape index (κ1) is 26.1. The molecule has 1 fully saturated rings. The Morgan fingerprint density at radius 1 is 1.41 bits per heavy atom. The van der Waals surface area contributed by atoms with E-state index in [1.807, 2.05) is 18.7 Å². The number of amides is 1. The standard InChI is InChI=1S/C19H28Cl2N4O3.HI/c1-3-17(27)25-9-8-13(11-25)24-19(22-4-2)23-10-14(26)12-28-16-7-5-6-15(20)18(16)21;/h5-7,13-14,26H,3-4,8-12H2,1-2H3,(H2,22,23,24);1H. The Bertz CT molecular complexity index is 693. The second-order valence-corrected chi connectivity index (χ2v) is 7.34. The van der Waals surface area contributed by atoms with Crippen LogP contribution in [-0.2, 0) is 4.79 Å². The molecule has 1 aromatic rings. The topological polar surface area (TPSA) is 86.2 Å². The van der Waals surface area contributed by atoms with Gasteiger partial charge >= 0.3 is 0 Å². The first-order chi connectivity index (χ1) is 13.4. The zero-order chi connectivity index (χ0) is 20.5. The minimum absolute atomic E-state index is 0. The lowest BCUT2D eigenvalue weighted by atomic mass is 10.3. The summed E-state index contributed by atoms with van der Waals surface area (Å²) in [5.74, 6) is 1.20. The van der Waals surface area contributed by atoms with Crippen LogP contribution in [0.1, 0.15) is 26.7 Å². The van der Waals surface area contributed by atoms with Gasteiger partial charge in [-0.05, 0) is 25.5 Å². The van der Waals surface area contributed by atoms with E-state index in [0.717, 1.165) is 13.0 Å². The van der Waals surface area contributed by atoms with Crippen molar-refractivity contribution in [3.05, 3.63) is 28.2 Å². The summed E-state index contributed by atoms with van der Waals surface area (Å²) < 4.78 is 5.54. The Morgan fingerprint density at radius 2 is 2.17 bits per heavy atom. The van der Waals surface area contributed by atoms with Gasteiger partial charge in [0.25, 0.3) is 0 Å². The number of carbonyl (C=O) groups is 1. The molecule has 1 heterocycles. The monoisotopic (exact) mass is 558 g/mol. The molecule has 0 bridgehead atoms. The minimum Gasteiger partial charge on any atom is -0.489 e. The van der Waals surface area contributed by atoms with E-state index < -0.39 is 6.10 Å². The minimum atomic E-state index is -0.799. The van der Waals surface area contributed by atoms with Crippen molar-refractivity contribution in [1.82, 2.24) is 15.5 Å². The van der Waals surface area contributed by atoms with Crippen molar-refractivity contribution >= 4 is 59.0 Å². The highest BCUT2D eigenvalue weighted by molar-refractivity contribution is 14.0. The molecule has 1 aromatic carbocycles. The van der Waals surface area contributed by atoms with Crippen LogP contribution >= 0.6 is 47.2 Å². The highest BCUT2D eigenvalue weighted by Gasteiger charge is 2.25. The van der Waals surface area contributed by atoms with Crippen molar-refractivity contribution in [1.29, 1.82) is 0 Å². The van der Waals surface area contributed by atoms with E-state index in [1.165, 1.54) is 0 Å². The zero-order valence-electron chi connectivity index (χ0n) is 16.7. The molecule has 0 aliphatic carbocycles. The summed E-state index contributed by atoms with van der Waals surface area (Å²) in [6.07, 6.45) is 0.589. The summed E-state index contributed by atoms with van der Waals surface area (Å²) in [5, 5.41) is 17.4. The van der Waals surface area contributed by atoms with Crippen LogP contribution in [0.25, 0.3) is 0 Å². The van der Waals surface area contributed by atoms with E-state index in [2.05, 4.69) is 15.6 Å². The number of aliphatic hydroxyl groups excluding tert-OH is 1. The molecule has 0 spiro atoms. The van der Waals surface area contributed by atoms with Crippen molar-refractivity contribution in [2.75, 3.05) is 32.8 Å². The van der Waals surface area contributed by atoms with Crippen molar-refractivity contribution in [2.24, 2.45) is 4.99 Å². The molecule has 1 amide bonds. The summed E-state index contributed by atoms with van der Waals surface area (Å²) in [4.78, 5) is 18.1. The maximum atomic E-state index is 11.8. The third-order valence-corrected chi connectivity index (χ3v) is 5.14. The molecule has 164 valence electrons. The number of halogens is 3. The molecule has 10 heteroatoms. The van der Waals surface area contributed by atoms with Gasteiger partial charge in [0.05, 0.1) is 11.6 Å². The number of rotatable bonds is 8. The predicted molar refractivity (Wildman–Crippen MR) is 128 cm³/mol. The molecule has 0 radical (unpaired) electrons. The molecule has 1 aliphatic heterocycles. The second kappa shape index (κ2) is 13.4. The van der Waals surface area contributed by atoms with Crippen molar-refractivity contribution < 1.29 is 14.6 Å². The molecule has 1 saturated heterocycles. The zero-order valence-corrected chi connectivity index (χ0v) is 20.5. The quantitative estimate of drug-likeness (QED) is 0.259. The SMILES string of the molecule is CCNC(=NCC(O)COc1cccc(Cl)c1Cl)NC1CCN(C(=O)CC)C1.I. The summed E-state index contributed by atoms with van der Waals surface area (Å²) in [6.45, 7) is 6.16. The Morgan fingerprint density at radius 3 is 2.86 bits per heavy atom. The van der Waals surface area contributed by atoms with E-state index in [9.17, 15) is 9.90 Å². The normalized spacial score (nSPS) is 17.5. The first-order valence-electron chi connectivity index (χ1n) is 9.52. The van der Waals surface area contributed by atoms with Crippen molar-refractivity contribution in [3.8, 4) is 5.75 Å². The van der Waals surface area contributed by atoms with Crippen molar-refractivity contribution in [3.63, 3.8) is 0 Å². The number of nitrogens with one attached hydrogen (secondary N) is 2. The van der Waals surface area contributed by atoms with Crippen LogP contribution in [0.4, 0.5) is 0 Å². The maximum absolute atomic E-state index is 11.8. The Balaban J connectivity index is 0.00000420. The van der Waals surface area contributed by atoms with E-state index in [1.54, 1.807) is 18.2 Å². The van der Waals surface area contributed by atoms with Crippen LogP contribution in [0.15, 0.2) is 23.2 Å². The Kier molecular flexibility index (Phi) is 12.0. The van der Waals surface area contributed by atoms with Crippen LogP contribution in [0, 0.1) is 0 Å². The maximum Gasteiger partial charge on any atom is 0.222 e. The third kappa shape index (κ3) is 8.35. The molecular formula is C19H29Cl2IN4O3. The van der Waals surface area contributed by atoms with E-state index in [4.69, 9.17) is 27.9 Å². The van der Waals surface area contributed by atoms with Gasteiger partial charge in [0, 0.05) is 32.1 Å². The van der Waals surface area contributed by atoms with Gasteiger partial charge in [-0.25, -0.2) is 0 Å². The second-order valence-electron chi connectivity index (χ2n) is 6.56. The average Bonchev–Trinajstić information content (AvgIpc) is 3.15. The summed E-state index contributed by atoms with van der Waals surface area (Å²) in [6, 6.07) is 5.24. The fourth-order valence-electron chi connectivity index (χ4n) is 2.87. The number of hydrogen-bond acceptors (Lipinski definition) is 4. The van der Waals surface area contributed by atoms with Gasteiger partial charge in [0.2, 0.25) is 5.91 Å². The van der Waals surface area contributed by atoms with Gasteiger partial charge in [-0.3, -0.25) is 9.79 Å². The number of nitrogens with zero attached hydrogens (tertiary/aromatic N) is 2. The van der Waals surface area contributed by atoms with E-state index in [0.29, 0.717) is 41.3 Å². The fraction of sp³-hybridized carbons (Fsp3) is 0.579. The lowest BCUT2D eigenvalue weighted by molar-refractivity contribution is -0.129. The van der Waals surface area contributed by atoms with Crippen LogP contribution in [0.5, 0.6) is 5.75 Å². The number of ether oxygens (including phenoxy) is 1. The number of aliphatic hydroxyl groups is 1. The third-order valence-electron chi connectivity index (χ3n) is 4.34. The van der Waals surface area contributed by atoms with Gasteiger partial charge in [0.15, 0.2) is 5.96 Å². The Labute approximate surface area is 199 Å². The molecular weight excluding hydrogens is 530 g/mol. The van der Waals surface area contributed by atoms with Crippen LogP contribution < -0.4 is 15.4 Å².